The Balaban J connectivity index is 1.44. The first-order valence-corrected chi connectivity index (χ1v) is 10.7. The number of carbonyl (C=O) groups is 1. The zero-order valence-corrected chi connectivity index (χ0v) is 18.0. The number of ether oxygens (including phenoxy) is 1. The lowest BCUT2D eigenvalue weighted by atomic mass is 9.96. The van der Waals surface area contributed by atoms with Gasteiger partial charge in [-0.05, 0) is 60.8 Å². The molecule has 4 rings (SSSR count). The highest BCUT2D eigenvalue weighted by molar-refractivity contribution is 5.97. The first kappa shape index (κ1) is 22.0. The predicted molar refractivity (Wildman–Crippen MR) is 121 cm³/mol. The lowest BCUT2D eigenvalue weighted by molar-refractivity contribution is -0.121. The Hall–Kier alpha value is -3.25. The molecule has 0 spiro atoms. The second kappa shape index (κ2) is 9.92. The van der Waals surface area contributed by atoms with Gasteiger partial charge >= 0.3 is 0 Å². The average molecular weight is 437 g/mol. The van der Waals surface area contributed by atoms with Crippen molar-refractivity contribution in [2.45, 2.75) is 19.4 Å². The topological polar surface area (TPSA) is 41.6 Å². The van der Waals surface area contributed by atoms with Gasteiger partial charge in [-0.15, -0.1) is 0 Å². The number of nitrogens with zero attached hydrogens (tertiary/aromatic N) is 1. The molecule has 1 aliphatic heterocycles. The summed E-state index contributed by atoms with van der Waals surface area (Å²) in [4.78, 5) is 15.2. The van der Waals surface area contributed by atoms with Gasteiger partial charge in [0.05, 0.1) is 13.0 Å². The highest BCUT2D eigenvalue weighted by atomic mass is 19.2. The van der Waals surface area contributed by atoms with Gasteiger partial charge in [0, 0.05) is 24.3 Å². The number of carbonyl (C=O) groups excluding carboxylic acids is 1. The molecule has 1 fully saturated rings. The summed E-state index contributed by atoms with van der Waals surface area (Å²) in [5, 5.41) is 3.10. The molecule has 1 aliphatic rings. The molecule has 32 heavy (non-hydrogen) atoms. The molecule has 1 atom stereocenters. The van der Waals surface area contributed by atoms with Crippen molar-refractivity contribution in [3.63, 3.8) is 0 Å². The number of methoxy groups -OCH3 is 1. The van der Waals surface area contributed by atoms with Gasteiger partial charge in [0.15, 0.2) is 11.6 Å². The van der Waals surface area contributed by atoms with Crippen LogP contribution in [0.3, 0.4) is 0 Å². The van der Waals surface area contributed by atoms with Crippen molar-refractivity contribution in [2.24, 2.45) is 5.92 Å². The van der Waals surface area contributed by atoms with Gasteiger partial charge in [-0.3, -0.25) is 9.69 Å². The van der Waals surface area contributed by atoms with Crippen molar-refractivity contribution in [1.82, 2.24) is 4.90 Å². The molecule has 6 heteroatoms. The van der Waals surface area contributed by atoms with Gasteiger partial charge in [-0.1, -0.05) is 36.4 Å². The molecule has 1 unspecified atom stereocenters. The Labute approximate surface area is 186 Å². The maximum Gasteiger partial charge on any atom is 0.228 e. The van der Waals surface area contributed by atoms with Crippen LogP contribution in [0.25, 0.3) is 11.1 Å². The Morgan fingerprint density at radius 3 is 2.59 bits per heavy atom. The standard InChI is InChI=1S/C26H26F2N2O2/c1-32-21-11-9-19(10-12-21)22-6-2-3-7-25(22)29-26(31)20-5-4-14-30(17-20)16-18-8-13-23(27)24(28)15-18/h2-3,6-13,15,20H,4-5,14,16-17H2,1H3,(H,29,31). The van der Waals surface area contributed by atoms with Crippen molar-refractivity contribution < 1.29 is 18.3 Å². The number of para-hydroxylation sites is 1. The molecule has 4 nitrogen and oxygen atoms in total. The Kier molecular flexibility index (Phi) is 6.81. The van der Waals surface area contributed by atoms with Gasteiger partial charge < -0.3 is 10.1 Å². The van der Waals surface area contributed by atoms with E-state index < -0.39 is 11.6 Å². The minimum Gasteiger partial charge on any atom is -0.497 e. The maximum absolute atomic E-state index is 13.5. The molecule has 1 saturated heterocycles. The molecule has 0 aliphatic carbocycles. The number of likely N-dealkylation sites (tertiary alicyclic amines) is 1. The summed E-state index contributed by atoms with van der Waals surface area (Å²) in [6, 6.07) is 19.4. The molecule has 0 radical (unpaired) electrons. The summed E-state index contributed by atoms with van der Waals surface area (Å²) in [5.74, 6) is -1.11. The summed E-state index contributed by atoms with van der Waals surface area (Å²) in [7, 11) is 1.63. The second-order valence-electron chi connectivity index (χ2n) is 8.09. The molecule has 3 aromatic rings. The van der Waals surface area contributed by atoms with Crippen molar-refractivity contribution in [3.05, 3.63) is 83.9 Å². The highest BCUT2D eigenvalue weighted by Gasteiger charge is 2.26. The SMILES string of the molecule is COc1ccc(-c2ccccc2NC(=O)C2CCCN(Cc3ccc(F)c(F)c3)C2)cc1. The van der Waals surface area contributed by atoms with Crippen LogP contribution in [0.1, 0.15) is 18.4 Å². The summed E-state index contributed by atoms with van der Waals surface area (Å²) in [6.45, 7) is 1.89. The van der Waals surface area contributed by atoms with E-state index in [2.05, 4.69) is 10.2 Å². The monoisotopic (exact) mass is 436 g/mol. The molecular formula is C26H26F2N2O2. The first-order chi connectivity index (χ1) is 15.5. The highest BCUT2D eigenvalue weighted by Crippen LogP contribution is 2.30. The van der Waals surface area contributed by atoms with Crippen LogP contribution in [0.2, 0.25) is 0 Å². The van der Waals surface area contributed by atoms with Gasteiger partial charge in [-0.25, -0.2) is 8.78 Å². The van der Waals surface area contributed by atoms with Gasteiger partial charge in [0.2, 0.25) is 5.91 Å². The minimum atomic E-state index is -0.847. The number of hydrogen-bond donors (Lipinski definition) is 1. The molecular weight excluding hydrogens is 410 g/mol. The molecule has 1 amide bonds. The zero-order chi connectivity index (χ0) is 22.5. The predicted octanol–water partition coefficient (Wildman–Crippen LogP) is 5.49. The normalized spacial score (nSPS) is 16.5. The van der Waals surface area contributed by atoms with Crippen molar-refractivity contribution in [1.29, 1.82) is 0 Å². The summed E-state index contributed by atoms with van der Waals surface area (Å²) in [5.41, 5.74) is 3.40. The summed E-state index contributed by atoms with van der Waals surface area (Å²) < 4.78 is 32.0. The number of nitrogens with one attached hydrogen (secondary N) is 1. The third kappa shape index (κ3) is 5.14. The van der Waals surface area contributed by atoms with Crippen LogP contribution >= 0.6 is 0 Å². The Bertz CT molecular complexity index is 1090. The van der Waals surface area contributed by atoms with Crippen molar-refractivity contribution in [2.75, 3.05) is 25.5 Å². The zero-order valence-electron chi connectivity index (χ0n) is 18.0. The summed E-state index contributed by atoms with van der Waals surface area (Å²) in [6.07, 6.45) is 1.67. The van der Waals surface area contributed by atoms with E-state index in [4.69, 9.17) is 4.74 Å². The van der Waals surface area contributed by atoms with E-state index in [9.17, 15) is 13.6 Å². The third-order valence-electron chi connectivity index (χ3n) is 5.85. The number of benzene rings is 3. The second-order valence-corrected chi connectivity index (χ2v) is 8.09. The van der Waals surface area contributed by atoms with Crippen molar-refractivity contribution >= 4 is 11.6 Å². The Morgan fingerprint density at radius 1 is 1.06 bits per heavy atom. The van der Waals surface area contributed by atoms with Crippen LogP contribution in [0.15, 0.2) is 66.7 Å². The molecule has 3 aromatic carbocycles. The molecule has 0 aromatic heterocycles. The largest absolute Gasteiger partial charge is 0.497 e. The quantitative estimate of drug-likeness (QED) is 0.556. The van der Waals surface area contributed by atoms with Crippen LogP contribution in [-0.2, 0) is 11.3 Å². The van der Waals surface area contributed by atoms with E-state index in [-0.39, 0.29) is 11.8 Å². The molecule has 166 valence electrons. The molecule has 1 heterocycles. The van der Waals surface area contributed by atoms with E-state index in [0.29, 0.717) is 18.7 Å². The van der Waals surface area contributed by atoms with Crippen LogP contribution in [-0.4, -0.2) is 31.0 Å². The van der Waals surface area contributed by atoms with Crippen LogP contribution < -0.4 is 10.1 Å². The number of halogens is 2. The first-order valence-electron chi connectivity index (χ1n) is 10.7. The summed E-state index contributed by atoms with van der Waals surface area (Å²) >= 11 is 0. The third-order valence-corrected chi connectivity index (χ3v) is 5.85. The fourth-order valence-corrected chi connectivity index (χ4v) is 4.16. The van der Waals surface area contributed by atoms with Crippen LogP contribution in [0.5, 0.6) is 5.75 Å². The average Bonchev–Trinajstić information content (AvgIpc) is 2.82. The number of rotatable bonds is 6. The fraction of sp³-hybridized carbons (Fsp3) is 0.269. The van der Waals surface area contributed by atoms with Crippen molar-refractivity contribution in [3.8, 4) is 16.9 Å². The number of anilines is 1. The lowest BCUT2D eigenvalue weighted by Crippen LogP contribution is -2.40. The molecule has 0 saturated carbocycles. The van der Waals surface area contributed by atoms with E-state index >= 15 is 0 Å². The van der Waals surface area contributed by atoms with Gasteiger partial charge in [0.25, 0.3) is 0 Å². The number of hydrogen-bond acceptors (Lipinski definition) is 3. The van der Waals surface area contributed by atoms with Gasteiger partial charge in [-0.2, -0.15) is 0 Å². The van der Waals surface area contributed by atoms with Crippen LogP contribution in [0.4, 0.5) is 14.5 Å². The van der Waals surface area contributed by atoms with E-state index in [0.717, 1.165) is 48.0 Å². The minimum absolute atomic E-state index is 0.0269. The van der Waals surface area contributed by atoms with Gasteiger partial charge in [0.1, 0.15) is 5.75 Å². The van der Waals surface area contributed by atoms with E-state index in [1.165, 1.54) is 6.07 Å². The van der Waals surface area contributed by atoms with Crippen LogP contribution in [0, 0.1) is 17.6 Å². The molecule has 1 N–H and O–H groups in total. The lowest BCUT2D eigenvalue weighted by Gasteiger charge is -2.32. The number of piperidine rings is 1. The Morgan fingerprint density at radius 2 is 1.84 bits per heavy atom. The fourth-order valence-electron chi connectivity index (χ4n) is 4.16. The van der Waals surface area contributed by atoms with E-state index in [1.807, 2.05) is 48.5 Å². The number of amides is 1. The maximum atomic E-state index is 13.5. The smallest absolute Gasteiger partial charge is 0.228 e. The molecule has 0 bridgehead atoms. The van der Waals surface area contributed by atoms with E-state index in [1.54, 1.807) is 13.2 Å².